The zero-order valence-electron chi connectivity index (χ0n) is 11.5. The molecule has 1 amide bonds. The summed E-state index contributed by atoms with van der Waals surface area (Å²) in [6, 6.07) is 16.2. The lowest BCUT2D eigenvalue weighted by molar-refractivity contribution is 0.0935. The van der Waals surface area contributed by atoms with Crippen LogP contribution >= 0.6 is 0 Å². The van der Waals surface area contributed by atoms with Crippen molar-refractivity contribution in [3.63, 3.8) is 0 Å². The summed E-state index contributed by atoms with van der Waals surface area (Å²) < 4.78 is 0. The third-order valence-corrected chi connectivity index (χ3v) is 4.07. The number of H-pyrrole nitrogens is 1. The molecule has 0 saturated carbocycles. The van der Waals surface area contributed by atoms with E-state index in [-0.39, 0.29) is 11.9 Å². The minimum atomic E-state index is -0.106. The largest absolute Gasteiger partial charge is 0.347 e. The molecule has 1 aliphatic carbocycles. The SMILES string of the molecule is O=C(NC1Cc2ccccc2C1)c1n[nH]c2ccccc12. The standard InChI is InChI=1S/C17H15N3O/c21-17(16-14-7-3-4-8-15(14)19-20-16)18-13-9-11-5-1-2-6-12(11)10-13/h1-8,13H,9-10H2,(H,18,21)(H,19,20). The molecule has 2 N–H and O–H groups in total. The van der Waals surface area contributed by atoms with Crippen LogP contribution < -0.4 is 5.32 Å². The van der Waals surface area contributed by atoms with Gasteiger partial charge in [0.25, 0.3) is 5.91 Å². The van der Waals surface area contributed by atoms with Crippen molar-refractivity contribution in [1.29, 1.82) is 0 Å². The number of hydrogen-bond acceptors (Lipinski definition) is 2. The molecule has 0 radical (unpaired) electrons. The molecule has 1 heterocycles. The normalized spacial score (nSPS) is 14.3. The number of fused-ring (bicyclic) bond motifs is 2. The number of aromatic amines is 1. The molecule has 4 nitrogen and oxygen atoms in total. The minimum Gasteiger partial charge on any atom is -0.347 e. The molecular weight excluding hydrogens is 262 g/mol. The highest BCUT2D eigenvalue weighted by molar-refractivity contribution is 6.04. The average molecular weight is 277 g/mol. The van der Waals surface area contributed by atoms with Gasteiger partial charge in [-0.3, -0.25) is 9.89 Å². The van der Waals surface area contributed by atoms with Gasteiger partial charge in [0.15, 0.2) is 5.69 Å². The van der Waals surface area contributed by atoms with Gasteiger partial charge in [-0.1, -0.05) is 42.5 Å². The van der Waals surface area contributed by atoms with Gasteiger partial charge >= 0.3 is 0 Å². The Bertz CT molecular complexity index is 797. The second-order valence-electron chi connectivity index (χ2n) is 5.47. The molecule has 0 spiro atoms. The summed E-state index contributed by atoms with van der Waals surface area (Å²) in [5.74, 6) is -0.106. The zero-order valence-corrected chi connectivity index (χ0v) is 11.5. The number of benzene rings is 2. The molecule has 104 valence electrons. The molecule has 2 aromatic carbocycles. The van der Waals surface area contributed by atoms with Crippen LogP contribution in [0.25, 0.3) is 10.9 Å². The van der Waals surface area contributed by atoms with Crippen molar-refractivity contribution in [3.8, 4) is 0 Å². The number of para-hydroxylation sites is 1. The fourth-order valence-electron chi connectivity index (χ4n) is 3.05. The van der Waals surface area contributed by atoms with Crippen LogP contribution in [0.4, 0.5) is 0 Å². The summed E-state index contributed by atoms with van der Waals surface area (Å²) in [6.07, 6.45) is 1.79. The molecular formula is C17H15N3O. The first-order valence-corrected chi connectivity index (χ1v) is 7.12. The van der Waals surface area contributed by atoms with Crippen molar-refractivity contribution in [2.24, 2.45) is 0 Å². The van der Waals surface area contributed by atoms with Gasteiger partial charge in [0.05, 0.1) is 5.52 Å². The van der Waals surface area contributed by atoms with Crippen LogP contribution in [-0.4, -0.2) is 22.1 Å². The van der Waals surface area contributed by atoms with Crippen LogP contribution in [0.15, 0.2) is 48.5 Å². The van der Waals surface area contributed by atoms with Gasteiger partial charge in [0.1, 0.15) is 0 Å². The van der Waals surface area contributed by atoms with Crippen molar-refractivity contribution >= 4 is 16.8 Å². The Balaban J connectivity index is 1.55. The van der Waals surface area contributed by atoms with Gasteiger partial charge in [-0.2, -0.15) is 5.10 Å². The predicted octanol–water partition coefficient (Wildman–Crippen LogP) is 2.46. The molecule has 1 aromatic heterocycles. The van der Waals surface area contributed by atoms with Crippen LogP contribution in [0.3, 0.4) is 0 Å². The second kappa shape index (κ2) is 4.74. The van der Waals surface area contributed by atoms with E-state index >= 15 is 0 Å². The summed E-state index contributed by atoms with van der Waals surface area (Å²) >= 11 is 0. The lowest BCUT2D eigenvalue weighted by Gasteiger charge is -2.10. The topological polar surface area (TPSA) is 57.8 Å². The quantitative estimate of drug-likeness (QED) is 0.756. The monoisotopic (exact) mass is 277 g/mol. The van der Waals surface area contributed by atoms with Crippen LogP contribution in [-0.2, 0) is 12.8 Å². The summed E-state index contributed by atoms with van der Waals surface area (Å²) in [4.78, 5) is 12.4. The molecule has 0 atom stereocenters. The third-order valence-electron chi connectivity index (χ3n) is 4.07. The van der Waals surface area contributed by atoms with E-state index < -0.39 is 0 Å². The lowest BCUT2D eigenvalue weighted by atomic mass is 10.1. The Hall–Kier alpha value is -2.62. The number of amides is 1. The molecule has 4 heteroatoms. The number of hydrogen-bond donors (Lipinski definition) is 2. The van der Waals surface area contributed by atoms with E-state index in [0.29, 0.717) is 5.69 Å². The molecule has 0 fully saturated rings. The number of nitrogens with one attached hydrogen (secondary N) is 2. The summed E-state index contributed by atoms with van der Waals surface area (Å²) in [6.45, 7) is 0. The summed E-state index contributed by atoms with van der Waals surface area (Å²) in [5.41, 5.74) is 4.02. The van der Waals surface area contributed by atoms with E-state index in [1.54, 1.807) is 0 Å². The maximum Gasteiger partial charge on any atom is 0.272 e. The summed E-state index contributed by atoms with van der Waals surface area (Å²) in [7, 11) is 0. The van der Waals surface area contributed by atoms with Gasteiger partial charge in [-0.15, -0.1) is 0 Å². The van der Waals surface area contributed by atoms with Crippen LogP contribution in [0.1, 0.15) is 21.6 Å². The van der Waals surface area contributed by atoms with E-state index in [4.69, 9.17) is 0 Å². The number of nitrogens with zero attached hydrogens (tertiary/aromatic N) is 1. The molecule has 0 unspecified atom stereocenters. The molecule has 0 aliphatic heterocycles. The van der Waals surface area contributed by atoms with Gasteiger partial charge in [0, 0.05) is 11.4 Å². The zero-order chi connectivity index (χ0) is 14.2. The van der Waals surface area contributed by atoms with Crippen molar-refractivity contribution < 1.29 is 4.79 Å². The van der Waals surface area contributed by atoms with E-state index in [0.717, 1.165) is 23.7 Å². The number of rotatable bonds is 2. The molecule has 0 bridgehead atoms. The first-order chi connectivity index (χ1) is 10.3. The van der Waals surface area contributed by atoms with E-state index in [9.17, 15) is 4.79 Å². The Morgan fingerprint density at radius 2 is 1.71 bits per heavy atom. The van der Waals surface area contributed by atoms with E-state index in [2.05, 4.69) is 27.6 Å². The highest BCUT2D eigenvalue weighted by Crippen LogP contribution is 2.22. The summed E-state index contributed by atoms with van der Waals surface area (Å²) in [5, 5.41) is 11.0. The Morgan fingerprint density at radius 1 is 1.05 bits per heavy atom. The highest BCUT2D eigenvalue weighted by Gasteiger charge is 2.24. The fourth-order valence-corrected chi connectivity index (χ4v) is 3.05. The number of aromatic nitrogens is 2. The second-order valence-corrected chi connectivity index (χ2v) is 5.47. The number of carbonyl (C=O) groups is 1. The van der Waals surface area contributed by atoms with Crippen molar-refractivity contribution in [2.75, 3.05) is 0 Å². The van der Waals surface area contributed by atoms with Gasteiger partial charge in [0.2, 0.25) is 0 Å². The Kier molecular flexibility index (Phi) is 2.74. The maximum absolute atomic E-state index is 12.4. The minimum absolute atomic E-state index is 0.106. The van der Waals surface area contributed by atoms with Crippen molar-refractivity contribution in [3.05, 3.63) is 65.4 Å². The molecule has 1 aliphatic rings. The fraction of sp³-hybridized carbons (Fsp3) is 0.176. The van der Waals surface area contributed by atoms with Crippen molar-refractivity contribution in [2.45, 2.75) is 18.9 Å². The third kappa shape index (κ3) is 2.09. The highest BCUT2D eigenvalue weighted by atomic mass is 16.2. The molecule has 4 rings (SSSR count). The first kappa shape index (κ1) is 12.1. The van der Waals surface area contributed by atoms with Crippen LogP contribution in [0.2, 0.25) is 0 Å². The number of carbonyl (C=O) groups excluding carboxylic acids is 1. The van der Waals surface area contributed by atoms with Gasteiger partial charge < -0.3 is 5.32 Å². The van der Waals surface area contributed by atoms with Crippen LogP contribution in [0.5, 0.6) is 0 Å². The average Bonchev–Trinajstić information content (AvgIpc) is 3.10. The Morgan fingerprint density at radius 3 is 2.48 bits per heavy atom. The first-order valence-electron chi connectivity index (χ1n) is 7.12. The van der Waals surface area contributed by atoms with Crippen LogP contribution in [0, 0.1) is 0 Å². The van der Waals surface area contributed by atoms with Gasteiger partial charge in [-0.05, 0) is 30.0 Å². The Labute approximate surface area is 122 Å². The smallest absolute Gasteiger partial charge is 0.272 e. The van der Waals surface area contributed by atoms with Gasteiger partial charge in [-0.25, -0.2) is 0 Å². The molecule has 3 aromatic rings. The van der Waals surface area contributed by atoms with Crippen molar-refractivity contribution in [1.82, 2.24) is 15.5 Å². The lowest BCUT2D eigenvalue weighted by Crippen LogP contribution is -2.35. The van der Waals surface area contributed by atoms with E-state index in [1.807, 2.05) is 36.4 Å². The predicted molar refractivity (Wildman–Crippen MR) is 81.2 cm³/mol. The van der Waals surface area contributed by atoms with E-state index in [1.165, 1.54) is 11.1 Å². The maximum atomic E-state index is 12.4. The molecule has 21 heavy (non-hydrogen) atoms. The molecule has 0 saturated heterocycles.